The largest absolute Gasteiger partial charge is 0.497 e. The Hall–Kier alpha value is -2.78. The van der Waals surface area contributed by atoms with Crippen LogP contribution in [0.4, 0.5) is 13.2 Å². The number of nitrogens with one attached hydrogen (secondary N) is 1. The number of halogens is 4. The van der Waals surface area contributed by atoms with Crippen LogP contribution in [0, 0.1) is 5.82 Å². The summed E-state index contributed by atoms with van der Waals surface area (Å²) in [6.45, 7) is 6.19. The van der Waals surface area contributed by atoms with Crippen molar-refractivity contribution in [2.24, 2.45) is 0 Å². The summed E-state index contributed by atoms with van der Waals surface area (Å²) in [5.74, 6) is -6.59. The molecule has 0 fully saturated rings. The van der Waals surface area contributed by atoms with Crippen LogP contribution in [0.1, 0.15) is 51.3 Å². The topological polar surface area (TPSA) is 73.9 Å². The highest BCUT2D eigenvalue weighted by atomic mass is 35.5. The summed E-state index contributed by atoms with van der Waals surface area (Å²) in [4.78, 5) is 25.1. The van der Waals surface area contributed by atoms with Gasteiger partial charge in [-0.15, -0.1) is 0 Å². The normalized spacial score (nSPS) is 13.6. The zero-order chi connectivity index (χ0) is 27.1. The molecule has 0 saturated heterocycles. The van der Waals surface area contributed by atoms with E-state index in [1.54, 1.807) is 45.0 Å². The van der Waals surface area contributed by atoms with Crippen LogP contribution in [-0.2, 0) is 25.5 Å². The zero-order valence-corrected chi connectivity index (χ0v) is 21.6. The highest BCUT2D eigenvalue weighted by molar-refractivity contribution is 6.30. The van der Waals surface area contributed by atoms with Gasteiger partial charge in [0.1, 0.15) is 23.2 Å². The van der Waals surface area contributed by atoms with Gasteiger partial charge in [-0.05, 0) is 63.4 Å². The van der Waals surface area contributed by atoms with Gasteiger partial charge in [-0.25, -0.2) is 14.0 Å². The summed E-state index contributed by atoms with van der Waals surface area (Å²) >= 11 is 5.87. The standard InChI is InChI=1S/C26H31ClF3NO5/c1-6-35-24(33)26(29,30)15-18(14-17-8-7-9-20(27)21(17)28)31-22(23(32)36-25(2,3)4)16-10-12-19(34-5)13-11-16/h7-13,18,22,31H,6,14-15H2,1-5H3. The molecule has 198 valence electrons. The third-order valence-corrected chi connectivity index (χ3v) is 5.36. The van der Waals surface area contributed by atoms with Crippen LogP contribution in [0.5, 0.6) is 5.75 Å². The molecule has 0 aromatic heterocycles. The molecule has 2 aromatic carbocycles. The van der Waals surface area contributed by atoms with E-state index in [0.717, 1.165) is 0 Å². The van der Waals surface area contributed by atoms with Gasteiger partial charge in [-0.1, -0.05) is 35.9 Å². The van der Waals surface area contributed by atoms with Gasteiger partial charge in [0.2, 0.25) is 0 Å². The van der Waals surface area contributed by atoms with E-state index in [9.17, 15) is 22.8 Å². The molecule has 6 nitrogen and oxygen atoms in total. The first-order chi connectivity index (χ1) is 16.8. The van der Waals surface area contributed by atoms with Crippen LogP contribution in [-0.4, -0.2) is 43.2 Å². The van der Waals surface area contributed by atoms with Crippen molar-refractivity contribution in [3.05, 3.63) is 64.4 Å². The Bertz CT molecular complexity index is 1040. The van der Waals surface area contributed by atoms with Crippen molar-refractivity contribution in [3.8, 4) is 5.75 Å². The smallest absolute Gasteiger partial charge is 0.377 e. The van der Waals surface area contributed by atoms with Crippen molar-refractivity contribution < 1.29 is 37.0 Å². The van der Waals surface area contributed by atoms with E-state index in [0.29, 0.717) is 11.3 Å². The maximum Gasteiger partial charge on any atom is 0.377 e. The number of hydrogen-bond acceptors (Lipinski definition) is 6. The fourth-order valence-electron chi connectivity index (χ4n) is 3.48. The van der Waals surface area contributed by atoms with Crippen molar-refractivity contribution in [2.75, 3.05) is 13.7 Å². The molecular formula is C26H31ClF3NO5. The Labute approximate surface area is 214 Å². The molecule has 0 heterocycles. The number of alkyl halides is 2. The quantitative estimate of drug-likeness (QED) is 0.379. The lowest BCUT2D eigenvalue weighted by molar-refractivity contribution is -0.173. The van der Waals surface area contributed by atoms with Gasteiger partial charge >= 0.3 is 17.9 Å². The first-order valence-corrected chi connectivity index (χ1v) is 11.8. The molecule has 10 heteroatoms. The molecule has 0 amide bonds. The maximum absolute atomic E-state index is 14.8. The molecule has 0 aliphatic carbocycles. The van der Waals surface area contributed by atoms with Gasteiger partial charge in [-0.3, -0.25) is 5.32 Å². The molecule has 2 aromatic rings. The predicted octanol–water partition coefficient (Wildman–Crippen LogP) is 5.66. The van der Waals surface area contributed by atoms with Gasteiger partial charge in [-0.2, -0.15) is 8.78 Å². The first kappa shape index (κ1) is 29.5. The highest BCUT2D eigenvalue weighted by Gasteiger charge is 2.44. The number of carbonyl (C=O) groups excluding carboxylic acids is 2. The Balaban J connectivity index is 2.48. The van der Waals surface area contributed by atoms with E-state index in [1.165, 1.54) is 32.2 Å². The van der Waals surface area contributed by atoms with Crippen LogP contribution in [0.15, 0.2) is 42.5 Å². The minimum Gasteiger partial charge on any atom is -0.497 e. The van der Waals surface area contributed by atoms with E-state index >= 15 is 0 Å². The van der Waals surface area contributed by atoms with E-state index in [-0.39, 0.29) is 23.6 Å². The molecule has 0 radical (unpaired) electrons. The maximum atomic E-state index is 14.8. The Kier molecular flexibility index (Phi) is 10.2. The molecule has 2 atom stereocenters. The van der Waals surface area contributed by atoms with Gasteiger partial charge < -0.3 is 14.2 Å². The van der Waals surface area contributed by atoms with Crippen molar-refractivity contribution in [1.82, 2.24) is 5.32 Å². The van der Waals surface area contributed by atoms with E-state index in [1.807, 2.05) is 0 Å². The zero-order valence-electron chi connectivity index (χ0n) is 20.9. The summed E-state index contributed by atoms with van der Waals surface area (Å²) in [6, 6.07) is 8.13. The van der Waals surface area contributed by atoms with Crippen molar-refractivity contribution >= 4 is 23.5 Å². The third-order valence-electron chi connectivity index (χ3n) is 5.07. The molecular weight excluding hydrogens is 499 g/mol. The minimum absolute atomic E-state index is 0.0392. The number of rotatable bonds is 11. The predicted molar refractivity (Wildman–Crippen MR) is 130 cm³/mol. The van der Waals surface area contributed by atoms with Crippen molar-refractivity contribution in [1.29, 1.82) is 0 Å². The Morgan fingerprint density at radius 2 is 1.72 bits per heavy atom. The van der Waals surface area contributed by atoms with Crippen molar-refractivity contribution in [3.63, 3.8) is 0 Å². The molecule has 0 saturated carbocycles. The highest BCUT2D eigenvalue weighted by Crippen LogP contribution is 2.29. The summed E-state index contributed by atoms with van der Waals surface area (Å²) in [7, 11) is 1.48. The number of hydrogen-bond donors (Lipinski definition) is 1. The molecule has 1 N–H and O–H groups in total. The van der Waals surface area contributed by atoms with Gasteiger partial charge in [0.25, 0.3) is 0 Å². The number of methoxy groups -OCH3 is 1. The van der Waals surface area contributed by atoms with E-state index in [4.69, 9.17) is 21.1 Å². The number of carbonyl (C=O) groups is 2. The molecule has 2 rings (SSSR count). The van der Waals surface area contributed by atoms with Gasteiger partial charge in [0.05, 0.1) is 18.7 Å². The first-order valence-electron chi connectivity index (χ1n) is 11.4. The fourth-order valence-corrected chi connectivity index (χ4v) is 3.68. The summed E-state index contributed by atoms with van der Waals surface area (Å²) in [6.07, 6.45) is -1.36. The van der Waals surface area contributed by atoms with Crippen molar-refractivity contribution in [2.45, 2.75) is 64.1 Å². The summed E-state index contributed by atoms with van der Waals surface area (Å²) in [5, 5.41) is 2.69. The van der Waals surface area contributed by atoms with Crippen LogP contribution >= 0.6 is 11.6 Å². The molecule has 0 bridgehead atoms. The third kappa shape index (κ3) is 8.41. The molecule has 0 aliphatic heterocycles. The molecule has 2 unspecified atom stereocenters. The van der Waals surface area contributed by atoms with Crippen LogP contribution in [0.2, 0.25) is 5.02 Å². The molecule has 36 heavy (non-hydrogen) atoms. The lowest BCUT2D eigenvalue weighted by Gasteiger charge is -2.30. The second-order valence-corrected chi connectivity index (χ2v) is 9.56. The fraction of sp³-hybridized carbons (Fsp3) is 0.462. The SMILES string of the molecule is CCOC(=O)C(F)(F)CC(Cc1cccc(Cl)c1F)NC(C(=O)OC(C)(C)C)c1ccc(OC)cc1. The lowest BCUT2D eigenvalue weighted by atomic mass is 9.96. The van der Waals surface area contributed by atoms with Gasteiger partial charge in [0, 0.05) is 12.5 Å². The lowest BCUT2D eigenvalue weighted by Crippen LogP contribution is -2.46. The van der Waals surface area contributed by atoms with Crippen LogP contribution in [0.25, 0.3) is 0 Å². The van der Waals surface area contributed by atoms with Gasteiger partial charge in [0.15, 0.2) is 0 Å². The second-order valence-electron chi connectivity index (χ2n) is 9.15. The molecule has 0 aliphatic rings. The number of ether oxygens (including phenoxy) is 3. The molecule has 0 spiro atoms. The summed E-state index contributed by atoms with van der Waals surface area (Å²) < 4.78 is 59.4. The van der Waals surface area contributed by atoms with E-state index < -0.39 is 47.8 Å². The Morgan fingerprint density at radius 3 is 2.28 bits per heavy atom. The number of esters is 2. The monoisotopic (exact) mass is 529 g/mol. The Morgan fingerprint density at radius 1 is 1.08 bits per heavy atom. The minimum atomic E-state index is -3.90. The van der Waals surface area contributed by atoms with E-state index in [2.05, 4.69) is 10.1 Å². The second kappa shape index (κ2) is 12.5. The van der Waals surface area contributed by atoms with Crippen LogP contribution < -0.4 is 10.1 Å². The summed E-state index contributed by atoms with van der Waals surface area (Å²) in [5.41, 5.74) is -0.425. The average molecular weight is 530 g/mol. The van der Waals surface area contributed by atoms with Crippen LogP contribution in [0.3, 0.4) is 0 Å². The number of benzene rings is 2. The average Bonchev–Trinajstić information content (AvgIpc) is 2.79.